The fourth-order valence-corrected chi connectivity index (χ4v) is 1.49. The second-order valence-corrected chi connectivity index (χ2v) is 3.66. The van der Waals surface area contributed by atoms with Gasteiger partial charge in [-0.2, -0.15) is 0 Å². The number of nitrogens with one attached hydrogen (secondary N) is 1. The van der Waals surface area contributed by atoms with Gasteiger partial charge in [-0.05, 0) is 25.1 Å². The molecule has 0 atom stereocenters. The number of halogens is 1. The van der Waals surface area contributed by atoms with Crippen molar-refractivity contribution in [3.05, 3.63) is 59.5 Å². The third kappa shape index (κ3) is 2.57. The van der Waals surface area contributed by atoms with E-state index < -0.39 is 0 Å². The summed E-state index contributed by atoms with van der Waals surface area (Å²) < 4.78 is 13.4. The summed E-state index contributed by atoms with van der Waals surface area (Å²) >= 11 is 0. The van der Waals surface area contributed by atoms with Crippen molar-refractivity contribution in [2.75, 3.05) is 5.32 Å². The van der Waals surface area contributed by atoms with Gasteiger partial charge in [-0.1, -0.05) is 23.8 Å². The van der Waals surface area contributed by atoms with E-state index in [9.17, 15) is 4.39 Å². The summed E-state index contributed by atoms with van der Waals surface area (Å²) in [5, 5.41) is 3.08. The average molecular weight is 216 g/mol. The highest BCUT2D eigenvalue weighted by molar-refractivity contribution is 5.35. The number of hydrogen-bond acceptors (Lipinski definition) is 2. The highest BCUT2D eigenvalue weighted by atomic mass is 19.1. The molecule has 0 radical (unpaired) electrons. The van der Waals surface area contributed by atoms with E-state index >= 15 is 0 Å². The Morgan fingerprint density at radius 3 is 2.88 bits per heavy atom. The van der Waals surface area contributed by atoms with Crippen LogP contribution in [0.3, 0.4) is 0 Å². The van der Waals surface area contributed by atoms with Gasteiger partial charge in [0.05, 0.1) is 0 Å². The van der Waals surface area contributed by atoms with Crippen LogP contribution in [0.5, 0.6) is 0 Å². The van der Waals surface area contributed by atoms with Crippen molar-refractivity contribution in [3.63, 3.8) is 0 Å². The van der Waals surface area contributed by atoms with Gasteiger partial charge in [-0.15, -0.1) is 0 Å². The lowest BCUT2D eigenvalue weighted by atomic mass is 10.1. The minimum Gasteiger partial charge on any atom is -0.366 e. The Hall–Kier alpha value is -1.90. The van der Waals surface area contributed by atoms with E-state index in [2.05, 4.69) is 10.3 Å². The van der Waals surface area contributed by atoms with Gasteiger partial charge in [-0.25, -0.2) is 9.37 Å². The lowest BCUT2D eigenvalue weighted by molar-refractivity contribution is 0.612. The van der Waals surface area contributed by atoms with Crippen LogP contribution in [-0.4, -0.2) is 4.98 Å². The number of aromatic nitrogens is 1. The van der Waals surface area contributed by atoms with Gasteiger partial charge in [0.25, 0.3) is 0 Å². The molecule has 1 heterocycles. The summed E-state index contributed by atoms with van der Waals surface area (Å²) in [5.41, 5.74) is 1.71. The summed E-state index contributed by atoms with van der Waals surface area (Å²) in [6, 6.07) is 10.7. The maximum absolute atomic E-state index is 13.4. The normalized spacial score (nSPS) is 10.1. The first-order valence-electron chi connectivity index (χ1n) is 5.15. The molecule has 0 bridgehead atoms. The third-order valence-corrected chi connectivity index (χ3v) is 2.33. The Kier molecular flexibility index (Phi) is 3.15. The first-order chi connectivity index (χ1) is 7.75. The summed E-state index contributed by atoms with van der Waals surface area (Å²) in [6.45, 7) is 2.40. The maximum atomic E-state index is 13.4. The third-order valence-electron chi connectivity index (χ3n) is 2.33. The monoisotopic (exact) mass is 216 g/mol. The Balaban J connectivity index is 2.08. The summed E-state index contributed by atoms with van der Waals surface area (Å²) in [5.74, 6) is 0.567. The second-order valence-electron chi connectivity index (χ2n) is 3.66. The van der Waals surface area contributed by atoms with Crippen molar-refractivity contribution < 1.29 is 4.39 Å². The fraction of sp³-hybridized carbons (Fsp3) is 0.154. The minimum absolute atomic E-state index is 0.186. The number of benzene rings is 1. The number of pyridine rings is 1. The predicted molar refractivity (Wildman–Crippen MR) is 62.7 cm³/mol. The van der Waals surface area contributed by atoms with Crippen LogP contribution in [-0.2, 0) is 6.54 Å². The van der Waals surface area contributed by atoms with E-state index in [1.807, 2.05) is 31.2 Å². The smallest absolute Gasteiger partial charge is 0.128 e. The van der Waals surface area contributed by atoms with Crippen LogP contribution in [0.1, 0.15) is 11.1 Å². The van der Waals surface area contributed by atoms with Gasteiger partial charge in [0, 0.05) is 18.3 Å². The number of hydrogen-bond donors (Lipinski definition) is 1. The van der Waals surface area contributed by atoms with Crippen molar-refractivity contribution in [2.24, 2.45) is 0 Å². The number of anilines is 1. The lowest BCUT2D eigenvalue weighted by Crippen LogP contribution is -2.03. The zero-order valence-corrected chi connectivity index (χ0v) is 9.07. The quantitative estimate of drug-likeness (QED) is 0.852. The van der Waals surface area contributed by atoms with Gasteiger partial charge in [0.1, 0.15) is 11.6 Å². The van der Waals surface area contributed by atoms with Crippen LogP contribution in [0.2, 0.25) is 0 Å². The molecule has 0 spiro atoms. The molecule has 2 rings (SSSR count). The molecular formula is C13H13FN2. The molecular weight excluding hydrogens is 203 g/mol. The highest BCUT2D eigenvalue weighted by Crippen LogP contribution is 2.11. The zero-order chi connectivity index (χ0) is 11.4. The SMILES string of the molecule is Cc1ccc(F)c(CNc2ccccn2)c1. The van der Waals surface area contributed by atoms with E-state index in [0.717, 1.165) is 11.4 Å². The predicted octanol–water partition coefficient (Wildman–Crippen LogP) is 3.14. The molecule has 1 N–H and O–H groups in total. The number of nitrogens with zero attached hydrogens (tertiary/aromatic N) is 1. The molecule has 0 saturated carbocycles. The molecule has 2 aromatic rings. The molecule has 1 aromatic carbocycles. The standard InChI is InChI=1S/C13H13FN2/c1-10-5-6-12(14)11(8-10)9-16-13-4-2-3-7-15-13/h2-8H,9H2,1H3,(H,15,16). The Bertz CT molecular complexity index is 469. The molecule has 0 aliphatic carbocycles. The fourth-order valence-electron chi connectivity index (χ4n) is 1.49. The maximum Gasteiger partial charge on any atom is 0.128 e. The van der Waals surface area contributed by atoms with Crippen molar-refractivity contribution in [1.82, 2.24) is 4.98 Å². The van der Waals surface area contributed by atoms with Crippen LogP contribution < -0.4 is 5.32 Å². The molecule has 2 nitrogen and oxygen atoms in total. The van der Waals surface area contributed by atoms with E-state index in [1.165, 1.54) is 6.07 Å². The van der Waals surface area contributed by atoms with Crippen LogP contribution in [0.25, 0.3) is 0 Å². The lowest BCUT2D eigenvalue weighted by Gasteiger charge is -2.07. The first kappa shape index (κ1) is 10.6. The number of aryl methyl sites for hydroxylation is 1. The highest BCUT2D eigenvalue weighted by Gasteiger charge is 2.01. The Labute approximate surface area is 94.2 Å². The molecule has 0 aliphatic rings. The van der Waals surface area contributed by atoms with Crippen LogP contribution >= 0.6 is 0 Å². The Morgan fingerprint density at radius 2 is 2.12 bits per heavy atom. The topological polar surface area (TPSA) is 24.9 Å². The second kappa shape index (κ2) is 4.75. The van der Waals surface area contributed by atoms with Crippen molar-refractivity contribution in [1.29, 1.82) is 0 Å². The molecule has 3 heteroatoms. The molecule has 82 valence electrons. The van der Waals surface area contributed by atoms with Gasteiger partial charge in [0.15, 0.2) is 0 Å². The van der Waals surface area contributed by atoms with Crippen LogP contribution in [0.4, 0.5) is 10.2 Å². The molecule has 1 aromatic heterocycles. The molecule has 16 heavy (non-hydrogen) atoms. The number of rotatable bonds is 3. The van der Waals surface area contributed by atoms with Crippen LogP contribution in [0, 0.1) is 12.7 Å². The molecule has 0 saturated heterocycles. The van der Waals surface area contributed by atoms with Gasteiger partial charge >= 0.3 is 0 Å². The largest absolute Gasteiger partial charge is 0.366 e. The van der Waals surface area contributed by atoms with Gasteiger partial charge in [0.2, 0.25) is 0 Å². The molecule has 0 aliphatic heterocycles. The first-order valence-corrected chi connectivity index (χ1v) is 5.15. The summed E-state index contributed by atoms with van der Waals surface area (Å²) in [6.07, 6.45) is 1.70. The molecule has 0 unspecified atom stereocenters. The van der Waals surface area contributed by atoms with Crippen molar-refractivity contribution >= 4 is 5.82 Å². The van der Waals surface area contributed by atoms with E-state index in [0.29, 0.717) is 12.1 Å². The van der Waals surface area contributed by atoms with E-state index in [4.69, 9.17) is 0 Å². The zero-order valence-electron chi connectivity index (χ0n) is 9.07. The minimum atomic E-state index is -0.186. The summed E-state index contributed by atoms with van der Waals surface area (Å²) in [7, 11) is 0. The Morgan fingerprint density at radius 1 is 1.25 bits per heavy atom. The molecule has 0 amide bonds. The van der Waals surface area contributed by atoms with Crippen molar-refractivity contribution in [3.8, 4) is 0 Å². The summed E-state index contributed by atoms with van der Waals surface area (Å²) in [4.78, 5) is 4.11. The van der Waals surface area contributed by atoms with E-state index in [1.54, 1.807) is 12.3 Å². The van der Waals surface area contributed by atoms with E-state index in [-0.39, 0.29) is 5.82 Å². The molecule has 0 fully saturated rings. The van der Waals surface area contributed by atoms with Crippen molar-refractivity contribution in [2.45, 2.75) is 13.5 Å². The average Bonchev–Trinajstić information content (AvgIpc) is 2.32. The van der Waals surface area contributed by atoms with Gasteiger partial charge < -0.3 is 5.32 Å². The van der Waals surface area contributed by atoms with Crippen LogP contribution in [0.15, 0.2) is 42.6 Å². The van der Waals surface area contributed by atoms with Gasteiger partial charge in [-0.3, -0.25) is 0 Å².